The van der Waals surface area contributed by atoms with E-state index >= 15 is 0 Å². The summed E-state index contributed by atoms with van der Waals surface area (Å²) in [5.74, 6) is 0.0617. The summed E-state index contributed by atoms with van der Waals surface area (Å²) in [6.45, 7) is 0. The summed E-state index contributed by atoms with van der Waals surface area (Å²) in [6.07, 6.45) is 1.49. The Morgan fingerprint density at radius 3 is 2.75 bits per heavy atom. The summed E-state index contributed by atoms with van der Waals surface area (Å²) in [5, 5.41) is -0.269. The topological polar surface area (TPSA) is 13.1 Å². The van der Waals surface area contributed by atoms with E-state index in [0.29, 0.717) is 20.8 Å². The van der Waals surface area contributed by atoms with Gasteiger partial charge in [0.25, 0.3) is 0 Å². The van der Waals surface area contributed by atoms with Crippen molar-refractivity contribution in [2.45, 2.75) is 5.38 Å². The van der Waals surface area contributed by atoms with Crippen molar-refractivity contribution in [3.8, 4) is 0 Å². The lowest BCUT2D eigenvalue weighted by Gasteiger charge is -2.09. The first-order valence-electron chi connectivity index (χ1n) is 4.41. The minimum Gasteiger partial charge on any atom is -0.467 e. The highest BCUT2D eigenvalue weighted by atomic mass is 79.9. The Hall–Kier alpha value is -0.510. The molecule has 0 aliphatic rings. The zero-order valence-corrected chi connectivity index (χ0v) is 11.0. The van der Waals surface area contributed by atoms with Gasteiger partial charge < -0.3 is 4.42 Å². The Kier molecular flexibility index (Phi) is 3.57. The Morgan fingerprint density at radius 2 is 2.12 bits per heavy atom. The number of benzene rings is 1. The third kappa shape index (κ3) is 2.26. The van der Waals surface area contributed by atoms with Crippen molar-refractivity contribution in [1.29, 1.82) is 0 Å². The van der Waals surface area contributed by atoms with Gasteiger partial charge in [-0.15, -0.1) is 11.6 Å². The van der Waals surface area contributed by atoms with E-state index in [4.69, 9.17) is 27.6 Å². The van der Waals surface area contributed by atoms with Crippen LogP contribution in [-0.4, -0.2) is 0 Å². The predicted molar refractivity (Wildman–Crippen MR) is 65.5 cm³/mol. The van der Waals surface area contributed by atoms with Gasteiger partial charge in [0.2, 0.25) is 0 Å². The molecular weight excluding hydrogens is 318 g/mol. The van der Waals surface area contributed by atoms with Crippen molar-refractivity contribution in [2.24, 2.45) is 0 Å². The third-order valence-electron chi connectivity index (χ3n) is 2.11. The normalized spacial score (nSPS) is 12.8. The van der Waals surface area contributed by atoms with E-state index in [1.807, 2.05) is 0 Å². The van der Waals surface area contributed by atoms with Gasteiger partial charge in [-0.1, -0.05) is 11.6 Å². The van der Waals surface area contributed by atoms with Crippen LogP contribution >= 0.6 is 39.1 Å². The minimum atomic E-state index is -0.680. The number of rotatable bonds is 2. The van der Waals surface area contributed by atoms with Crippen LogP contribution in [0.15, 0.2) is 39.4 Å². The number of halogens is 4. The molecule has 0 amide bonds. The highest BCUT2D eigenvalue weighted by Gasteiger charge is 2.19. The Labute approximate surface area is 110 Å². The van der Waals surface area contributed by atoms with Crippen molar-refractivity contribution in [2.75, 3.05) is 0 Å². The van der Waals surface area contributed by atoms with E-state index in [-0.39, 0.29) is 0 Å². The molecule has 0 bridgehead atoms. The largest absolute Gasteiger partial charge is 0.467 e. The van der Waals surface area contributed by atoms with E-state index in [2.05, 4.69) is 15.9 Å². The van der Waals surface area contributed by atoms with Crippen LogP contribution in [0.4, 0.5) is 4.39 Å². The fraction of sp³-hybridized carbons (Fsp3) is 0.0909. The molecule has 0 aliphatic carbocycles. The average molecular weight is 324 g/mol. The maximum atomic E-state index is 13.7. The second kappa shape index (κ2) is 4.78. The highest BCUT2D eigenvalue weighted by Crippen LogP contribution is 2.35. The molecule has 1 unspecified atom stereocenters. The molecule has 16 heavy (non-hydrogen) atoms. The first-order valence-corrected chi connectivity index (χ1v) is 6.02. The van der Waals surface area contributed by atoms with Crippen LogP contribution in [0.1, 0.15) is 16.7 Å². The van der Waals surface area contributed by atoms with Crippen LogP contribution < -0.4 is 0 Å². The molecule has 0 radical (unpaired) electrons. The maximum Gasteiger partial charge on any atom is 0.129 e. The van der Waals surface area contributed by atoms with Gasteiger partial charge in [-0.25, -0.2) is 4.39 Å². The molecule has 0 spiro atoms. The molecule has 0 saturated carbocycles. The summed E-state index contributed by atoms with van der Waals surface area (Å²) in [4.78, 5) is 0. The number of furan rings is 1. The molecule has 0 N–H and O–H groups in total. The third-order valence-corrected chi connectivity index (χ3v) is 3.75. The smallest absolute Gasteiger partial charge is 0.129 e. The molecule has 5 heteroatoms. The van der Waals surface area contributed by atoms with Gasteiger partial charge in [0.05, 0.1) is 11.3 Å². The lowest BCUT2D eigenvalue weighted by atomic mass is 10.1. The molecule has 2 rings (SSSR count). The van der Waals surface area contributed by atoms with Crippen molar-refractivity contribution in [1.82, 2.24) is 0 Å². The van der Waals surface area contributed by atoms with Gasteiger partial charge in [-0.2, -0.15) is 0 Å². The monoisotopic (exact) mass is 322 g/mol. The van der Waals surface area contributed by atoms with Gasteiger partial charge in [0.15, 0.2) is 0 Å². The number of hydrogen-bond donors (Lipinski definition) is 0. The van der Waals surface area contributed by atoms with Crippen LogP contribution in [0.3, 0.4) is 0 Å². The van der Waals surface area contributed by atoms with Crippen molar-refractivity contribution in [3.63, 3.8) is 0 Å². The summed E-state index contributed by atoms with van der Waals surface area (Å²) in [6, 6.07) is 6.16. The molecule has 1 aromatic carbocycles. The fourth-order valence-electron chi connectivity index (χ4n) is 1.32. The molecule has 84 valence electrons. The van der Waals surface area contributed by atoms with Gasteiger partial charge in [0, 0.05) is 10.0 Å². The quantitative estimate of drug-likeness (QED) is 0.549. The summed E-state index contributed by atoms with van der Waals surface area (Å²) >= 11 is 15.1. The molecule has 2 aromatic rings. The zero-order valence-electron chi connectivity index (χ0n) is 7.88. The van der Waals surface area contributed by atoms with Gasteiger partial charge in [0.1, 0.15) is 17.0 Å². The van der Waals surface area contributed by atoms with Gasteiger partial charge in [-0.3, -0.25) is 0 Å². The van der Waals surface area contributed by atoms with Crippen LogP contribution in [0.25, 0.3) is 0 Å². The second-order valence-corrected chi connectivity index (χ2v) is 4.86. The fourth-order valence-corrected chi connectivity index (χ4v) is 2.10. The lowest BCUT2D eigenvalue weighted by molar-refractivity contribution is 0.509. The summed E-state index contributed by atoms with van der Waals surface area (Å²) < 4.78 is 19.3. The number of alkyl halides is 1. The standard InChI is InChI=1S/C11H6BrCl2FO/c12-7-5-9(15)6(4-8(7)13)11(14)10-2-1-3-16-10/h1-5,11H. The zero-order chi connectivity index (χ0) is 11.7. The first kappa shape index (κ1) is 12.0. The Bertz CT molecular complexity index is 499. The Morgan fingerprint density at radius 1 is 1.38 bits per heavy atom. The molecular formula is C11H6BrCl2FO. The second-order valence-electron chi connectivity index (χ2n) is 3.17. The van der Waals surface area contributed by atoms with E-state index < -0.39 is 11.2 Å². The molecule has 0 fully saturated rings. The molecule has 1 heterocycles. The average Bonchev–Trinajstić information content (AvgIpc) is 2.75. The van der Waals surface area contributed by atoms with Crippen molar-refractivity contribution < 1.29 is 8.81 Å². The first-order chi connectivity index (χ1) is 7.59. The Balaban J connectivity index is 2.44. The summed E-state index contributed by atoms with van der Waals surface area (Å²) in [7, 11) is 0. The van der Waals surface area contributed by atoms with Crippen LogP contribution in [0.2, 0.25) is 5.02 Å². The molecule has 0 aliphatic heterocycles. The van der Waals surface area contributed by atoms with E-state index in [1.54, 1.807) is 12.1 Å². The van der Waals surface area contributed by atoms with E-state index in [1.165, 1.54) is 18.4 Å². The molecule has 1 nitrogen and oxygen atoms in total. The minimum absolute atomic E-state index is 0.296. The van der Waals surface area contributed by atoms with Crippen LogP contribution in [-0.2, 0) is 0 Å². The molecule has 1 atom stereocenters. The SMILES string of the molecule is Fc1cc(Br)c(Cl)cc1C(Cl)c1ccco1. The molecule has 0 saturated heterocycles. The highest BCUT2D eigenvalue weighted by molar-refractivity contribution is 9.10. The maximum absolute atomic E-state index is 13.7. The van der Waals surface area contributed by atoms with Crippen molar-refractivity contribution >= 4 is 39.1 Å². The predicted octanol–water partition coefficient (Wildman–Crippen LogP) is 5.16. The van der Waals surface area contributed by atoms with E-state index in [0.717, 1.165) is 0 Å². The molecule has 1 aromatic heterocycles. The van der Waals surface area contributed by atoms with Crippen molar-refractivity contribution in [3.05, 3.63) is 57.2 Å². The van der Waals surface area contributed by atoms with Crippen LogP contribution in [0.5, 0.6) is 0 Å². The van der Waals surface area contributed by atoms with E-state index in [9.17, 15) is 4.39 Å². The van der Waals surface area contributed by atoms with Crippen LogP contribution in [0, 0.1) is 5.82 Å². The summed E-state index contributed by atoms with van der Waals surface area (Å²) in [5.41, 5.74) is 0.296. The number of hydrogen-bond acceptors (Lipinski definition) is 1. The lowest BCUT2D eigenvalue weighted by Crippen LogP contribution is -1.96. The van der Waals surface area contributed by atoms with Gasteiger partial charge in [-0.05, 0) is 40.2 Å². The van der Waals surface area contributed by atoms with Gasteiger partial charge >= 0.3 is 0 Å².